The molecule has 0 spiro atoms. The van der Waals surface area contributed by atoms with E-state index in [0.717, 1.165) is 18.7 Å². The van der Waals surface area contributed by atoms with Gasteiger partial charge in [0.2, 0.25) is 0 Å². The van der Waals surface area contributed by atoms with Crippen LogP contribution in [0.2, 0.25) is 0 Å². The van der Waals surface area contributed by atoms with Crippen LogP contribution in [0.25, 0.3) is 0 Å². The second kappa shape index (κ2) is 7.65. The lowest BCUT2D eigenvalue weighted by molar-refractivity contribution is 0.0940. The molecule has 0 saturated heterocycles. The van der Waals surface area contributed by atoms with Crippen molar-refractivity contribution >= 4 is 0 Å². The zero-order valence-electron chi connectivity index (χ0n) is 14.2. The van der Waals surface area contributed by atoms with E-state index in [9.17, 15) is 0 Å². The molecule has 0 fully saturated rings. The van der Waals surface area contributed by atoms with E-state index in [1.54, 1.807) is 0 Å². The molecule has 2 aromatic rings. The topological polar surface area (TPSA) is 12.5 Å². The highest BCUT2D eigenvalue weighted by Crippen LogP contribution is 2.37. The SMILES string of the molecule is CCCCCN(C)[C@@H]1Cc2ccccc2[C@H]1Oc1ccccc1. The summed E-state index contributed by atoms with van der Waals surface area (Å²) in [5, 5.41) is 0. The van der Waals surface area contributed by atoms with E-state index in [0.29, 0.717) is 6.04 Å². The van der Waals surface area contributed by atoms with E-state index in [-0.39, 0.29) is 6.10 Å². The summed E-state index contributed by atoms with van der Waals surface area (Å²) in [7, 11) is 2.24. The van der Waals surface area contributed by atoms with Crippen molar-refractivity contribution in [1.82, 2.24) is 4.90 Å². The van der Waals surface area contributed by atoms with Crippen molar-refractivity contribution in [3.63, 3.8) is 0 Å². The molecular weight excluding hydrogens is 282 g/mol. The Kier molecular flexibility index (Phi) is 5.35. The molecule has 1 aliphatic carbocycles. The van der Waals surface area contributed by atoms with E-state index < -0.39 is 0 Å². The first-order valence-electron chi connectivity index (χ1n) is 8.79. The van der Waals surface area contributed by atoms with Gasteiger partial charge in [-0.3, -0.25) is 4.90 Å². The minimum Gasteiger partial charge on any atom is -0.484 e. The highest BCUT2D eigenvalue weighted by Gasteiger charge is 2.36. The summed E-state index contributed by atoms with van der Waals surface area (Å²) in [6.07, 6.45) is 5.03. The number of ether oxygens (including phenoxy) is 1. The number of likely N-dealkylation sites (N-methyl/N-ethyl adjacent to an activating group) is 1. The van der Waals surface area contributed by atoms with Gasteiger partial charge in [-0.25, -0.2) is 0 Å². The first kappa shape index (κ1) is 16.1. The van der Waals surface area contributed by atoms with Crippen LogP contribution < -0.4 is 4.74 Å². The quantitative estimate of drug-likeness (QED) is 0.678. The molecule has 0 unspecified atom stereocenters. The maximum atomic E-state index is 6.40. The summed E-state index contributed by atoms with van der Waals surface area (Å²) in [4.78, 5) is 2.49. The summed E-state index contributed by atoms with van der Waals surface area (Å²) >= 11 is 0. The van der Waals surface area contributed by atoms with Gasteiger partial charge >= 0.3 is 0 Å². The molecule has 0 saturated carbocycles. The largest absolute Gasteiger partial charge is 0.484 e. The minimum atomic E-state index is 0.125. The Morgan fingerprint density at radius 2 is 1.74 bits per heavy atom. The lowest BCUT2D eigenvalue weighted by Gasteiger charge is -2.30. The van der Waals surface area contributed by atoms with Gasteiger partial charge in [-0.2, -0.15) is 0 Å². The van der Waals surface area contributed by atoms with Crippen molar-refractivity contribution < 1.29 is 4.74 Å². The van der Waals surface area contributed by atoms with Crippen LogP contribution in [0.15, 0.2) is 54.6 Å². The summed E-state index contributed by atoms with van der Waals surface area (Å²) in [6.45, 7) is 3.40. The molecule has 122 valence electrons. The van der Waals surface area contributed by atoms with Crippen LogP contribution in [0, 0.1) is 0 Å². The Bertz CT molecular complexity index is 610. The van der Waals surface area contributed by atoms with Crippen LogP contribution in [-0.4, -0.2) is 24.5 Å². The number of para-hydroxylation sites is 1. The number of hydrogen-bond donors (Lipinski definition) is 0. The number of nitrogens with zero attached hydrogens (tertiary/aromatic N) is 1. The molecule has 0 N–H and O–H groups in total. The number of hydrogen-bond acceptors (Lipinski definition) is 2. The molecule has 0 bridgehead atoms. The molecule has 2 atom stereocenters. The zero-order chi connectivity index (χ0) is 16.1. The number of unbranched alkanes of at least 4 members (excludes halogenated alkanes) is 2. The summed E-state index contributed by atoms with van der Waals surface area (Å²) in [5.41, 5.74) is 2.78. The summed E-state index contributed by atoms with van der Waals surface area (Å²) < 4.78 is 6.40. The Labute approximate surface area is 140 Å². The van der Waals surface area contributed by atoms with Crippen molar-refractivity contribution in [1.29, 1.82) is 0 Å². The predicted molar refractivity (Wildman–Crippen MR) is 95.9 cm³/mol. The molecule has 0 aromatic heterocycles. The molecule has 3 rings (SSSR count). The van der Waals surface area contributed by atoms with Crippen molar-refractivity contribution in [3.05, 3.63) is 65.7 Å². The molecule has 0 amide bonds. The van der Waals surface area contributed by atoms with Gasteiger partial charge in [0.15, 0.2) is 0 Å². The number of rotatable bonds is 7. The molecule has 23 heavy (non-hydrogen) atoms. The fourth-order valence-electron chi connectivity index (χ4n) is 3.49. The lowest BCUT2D eigenvalue weighted by atomic mass is 10.1. The van der Waals surface area contributed by atoms with Crippen LogP contribution in [0.5, 0.6) is 5.75 Å². The molecule has 0 heterocycles. The second-order valence-corrected chi connectivity index (χ2v) is 6.51. The lowest BCUT2D eigenvalue weighted by Crippen LogP contribution is -2.37. The number of fused-ring (bicyclic) bond motifs is 1. The van der Waals surface area contributed by atoms with Crippen LogP contribution in [0.1, 0.15) is 43.4 Å². The van der Waals surface area contributed by atoms with Gasteiger partial charge in [0.05, 0.1) is 6.04 Å². The molecule has 2 aromatic carbocycles. The summed E-state index contributed by atoms with van der Waals surface area (Å²) in [5.74, 6) is 0.959. The highest BCUT2D eigenvalue weighted by molar-refractivity contribution is 5.37. The molecular formula is C21H27NO. The van der Waals surface area contributed by atoms with Gasteiger partial charge in [0, 0.05) is 0 Å². The fourth-order valence-corrected chi connectivity index (χ4v) is 3.49. The second-order valence-electron chi connectivity index (χ2n) is 6.51. The van der Waals surface area contributed by atoms with E-state index in [1.165, 1.54) is 30.4 Å². The van der Waals surface area contributed by atoms with Crippen LogP contribution in [0.3, 0.4) is 0 Å². The van der Waals surface area contributed by atoms with E-state index in [4.69, 9.17) is 4.74 Å². The van der Waals surface area contributed by atoms with E-state index >= 15 is 0 Å². The van der Waals surface area contributed by atoms with Gasteiger partial charge < -0.3 is 4.74 Å². The van der Waals surface area contributed by atoms with Crippen molar-refractivity contribution in [2.75, 3.05) is 13.6 Å². The Morgan fingerprint density at radius 3 is 2.52 bits per heavy atom. The molecule has 0 aliphatic heterocycles. The first-order chi connectivity index (χ1) is 11.3. The average molecular weight is 309 g/mol. The third kappa shape index (κ3) is 3.76. The standard InChI is InChI=1S/C21H27NO/c1-3-4-10-15-22(2)20-16-17-11-8-9-14-19(17)21(20)23-18-12-6-5-7-13-18/h5-9,11-14,20-21H,3-4,10,15-16H2,1-2H3/t20-,21-/m1/s1. The monoisotopic (exact) mass is 309 g/mol. The third-order valence-corrected chi connectivity index (χ3v) is 4.83. The van der Waals surface area contributed by atoms with Crippen molar-refractivity contribution in [2.24, 2.45) is 0 Å². The van der Waals surface area contributed by atoms with Crippen LogP contribution in [-0.2, 0) is 6.42 Å². The van der Waals surface area contributed by atoms with Gasteiger partial charge in [-0.1, -0.05) is 62.2 Å². The van der Waals surface area contributed by atoms with Crippen LogP contribution >= 0.6 is 0 Å². The Balaban J connectivity index is 1.78. The minimum absolute atomic E-state index is 0.125. The normalized spacial score (nSPS) is 19.8. The summed E-state index contributed by atoms with van der Waals surface area (Å²) in [6, 6.07) is 19.4. The van der Waals surface area contributed by atoms with E-state index in [1.807, 2.05) is 18.2 Å². The van der Waals surface area contributed by atoms with Gasteiger partial charge in [0.1, 0.15) is 11.9 Å². The highest BCUT2D eigenvalue weighted by atomic mass is 16.5. The van der Waals surface area contributed by atoms with Gasteiger partial charge in [0.25, 0.3) is 0 Å². The van der Waals surface area contributed by atoms with Crippen molar-refractivity contribution in [2.45, 2.75) is 44.8 Å². The maximum Gasteiger partial charge on any atom is 0.140 e. The van der Waals surface area contributed by atoms with Gasteiger partial charge in [-0.15, -0.1) is 0 Å². The van der Waals surface area contributed by atoms with Gasteiger partial charge in [-0.05, 0) is 49.7 Å². The van der Waals surface area contributed by atoms with Crippen LogP contribution in [0.4, 0.5) is 0 Å². The zero-order valence-corrected chi connectivity index (χ0v) is 14.2. The first-order valence-corrected chi connectivity index (χ1v) is 8.79. The van der Waals surface area contributed by atoms with Crippen molar-refractivity contribution in [3.8, 4) is 5.75 Å². The molecule has 2 heteroatoms. The maximum absolute atomic E-state index is 6.40. The molecule has 2 nitrogen and oxygen atoms in total. The Hall–Kier alpha value is -1.80. The average Bonchev–Trinajstić information content (AvgIpc) is 2.95. The number of benzene rings is 2. The van der Waals surface area contributed by atoms with E-state index in [2.05, 4.69) is 55.3 Å². The Morgan fingerprint density at radius 1 is 1.00 bits per heavy atom. The third-order valence-electron chi connectivity index (χ3n) is 4.83. The molecule has 0 radical (unpaired) electrons. The molecule has 1 aliphatic rings. The predicted octanol–water partition coefficient (Wildman–Crippen LogP) is 4.85. The fraction of sp³-hybridized carbons (Fsp3) is 0.429. The smallest absolute Gasteiger partial charge is 0.140 e.